The number of rotatable bonds is 6. The molecule has 1 amide bonds. The first-order chi connectivity index (χ1) is 14.2. The van der Waals surface area contributed by atoms with Gasteiger partial charge in [0.05, 0.1) is 5.56 Å². The van der Waals surface area contributed by atoms with Crippen molar-refractivity contribution in [1.82, 2.24) is 4.98 Å². The Bertz CT molecular complexity index is 1130. The number of ether oxygens (including phenoxy) is 1. The summed E-state index contributed by atoms with van der Waals surface area (Å²) in [5.41, 5.74) is 2.27. The number of aromatic nitrogens is 1. The van der Waals surface area contributed by atoms with Gasteiger partial charge in [-0.1, -0.05) is 48.5 Å². The van der Waals surface area contributed by atoms with Crippen LogP contribution in [-0.2, 0) is 6.61 Å². The van der Waals surface area contributed by atoms with E-state index in [4.69, 9.17) is 4.74 Å². The van der Waals surface area contributed by atoms with Crippen molar-refractivity contribution < 1.29 is 13.9 Å². The van der Waals surface area contributed by atoms with E-state index in [1.807, 2.05) is 48.5 Å². The first-order valence-electron chi connectivity index (χ1n) is 8.98. The van der Waals surface area contributed by atoms with E-state index in [1.54, 1.807) is 29.6 Å². The molecule has 0 saturated carbocycles. The minimum Gasteiger partial charge on any atom is -0.488 e. The van der Waals surface area contributed by atoms with Gasteiger partial charge in [0.1, 0.15) is 28.9 Å². The number of anilines is 1. The predicted octanol–water partition coefficient (Wildman–Crippen LogP) is 5.78. The molecule has 0 fully saturated rings. The lowest BCUT2D eigenvalue weighted by Crippen LogP contribution is -2.12. The molecule has 1 heterocycles. The average molecular weight is 404 g/mol. The number of nitrogens with one attached hydrogen (secondary N) is 1. The van der Waals surface area contributed by atoms with Crippen LogP contribution in [0.5, 0.6) is 5.75 Å². The standard InChI is InChI=1S/C23H17FN2O2S/c24-19-12-6-4-8-16(19)14-28-21-13-7-5-11-18(21)23-26-20(15-29-23)22(27)25-17-9-2-1-3-10-17/h1-13,15H,14H2,(H,25,27). The molecule has 6 heteroatoms. The summed E-state index contributed by atoms with van der Waals surface area (Å²) in [6, 6.07) is 23.1. The van der Waals surface area contributed by atoms with Crippen LogP contribution in [0.25, 0.3) is 10.6 Å². The third-order valence-corrected chi connectivity index (χ3v) is 5.10. The number of carbonyl (C=O) groups excluding carboxylic acids is 1. The molecular formula is C23H17FN2O2S. The number of hydrogen-bond acceptors (Lipinski definition) is 4. The number of halogens is 1. The molecular weight excluding hydrogens is 387 g/mol. The van der Waals surface area contributed by atoms with Crippen LogP contribution in [0, 0.1) is 5.82 Å². The van der Waals surface area contributed by atoms with Crippen LogP contribution < -0.4 is 10.1 Å². The molecule has 0 saturated heterocycles. The van der Waals surface area contributed by atoms with Gasteiger partial charge in [-0.3, -0.25) is 4.79 Å². The molecule has 0 aliphatic carbocycles. The van der Waals surface area contributed by atoms with Crippen molar-refractivity contribution in [3.8, 4) is 16.3 Å². The van der Waals surface area contributed by atoms with Gasteiger partial charge in [-0.25, -0.2) is 9.37 Å². The Balaban J connectivity index is 1.52. The monoisotopic (exact) mass is 404 g/mol. The van der Waals surface area contributed by atoms with Crippen LogP contribution in [0.1, 0.15) is 16.1 Å². The van der Waals surface area contributed by atoms with E-state index in [0.29, 0.717) is 27.7 Å². The normalized spacial score (nSPS) is 10.5. The summed E-state index contributed by atoms with van der Waals surface area (Å²) in [5, 5.41) is 5.19. The summed E-state index contributed by atoms with van der Waals surface area (Å²) in [4.78, 5) is 16.9. The molecule has 0 aliphatic heterocycles. The molecule has 144 valence electrons. The lowest BCUT2D eigenvalue weighted by molar-refractivity contribution is 0.102. The van der Waals surface area contributed by atoms with Crippen LogP contribution >= 0.6 is 11.3 Å². The maximum atomic E-state index is 13.9. The van der Waals surface area contributed by atoms with Crippen molar-refractivity contribution in [3.63, 3.8) is 0 Å². The molecule has 0 bridgehead atoms. The number of thiazole rings is 1. The molecule has 29 heavy (non-hydrogen) atoms. The zero-order valence-electron chi connectivity index (χ0n) is 15.3. The van der Waals surface area contributed by atoms with E-state index in [0.717, 1.165) is 5.56 Å². The van der Waals surface area contributed by atoms with E-state index in [9.17, 15) is 9.18 Å². The number of para-hydroxylation sites is 2. The van der Waals surface area contributed by atoms with Crippen molar-refractivity contribution in [2.24, 2.45) is 0 Å². The van der Waals surface area contributed by atoms with Gasteiger partial charge < -0.3 is 10.1 Å². The number of carbonyl (C=O) groups is 1. The van der Waals surface area contributed by atoms with E-state index in [1.165, 1.54) is 17.4 Å². The molecule has 0 unspecified atom stereocenters. The Labute approximate surface area is 171 Å². The van der Waals surface area contributed by atoms with Crippen molar-refractivity contribution in [3.05, 3.63) is 101 Å². The highest BCUT2D eigenvalue weighted by Gasteiger charge is 2.15. The third kappa shape index (κ3) is 4.50. The van der Waals surface area contributed by atoms with Gasteiger partial charge in [0, 0.05) is 16.6 Å². The summed E-state index contributed by atoms with van der Waals surface area (Å²) in [5.74, 6) is 0.00248. The van der Waals surface area contributed by atoms with Crippen molar-refractivity contribution in [2.75, 3.05) is 5.32 Å². The highest BCUT2D eigenvalue weighted by atomic mass is 32.1. The first-order valence-corrected chi connectivity index (χ1v) is 9.86. The van der Waals surface area contributed by atoms with E-state index < -0.39 is 0 Å². The van der Waals surface area contributed by atoms with Crippen LogP contribution in [0.2, 0.25) is 0 Å². The lowest BCUT2D eigenvalue weighted by Gasteiger charge is -2.10. The first kappa shape index (κ1) is 18.8. The minimum atomic E-state index is -0.306. The molecule has 4 rings (SSSR count). The Hall–Kier alpha value is -3.51. The van der Waals surface area contributed by atoms with Gasteiger partial charge in [-0.15, -0.1) is 11.3 Å². The van der Waals surface area contributed by atoms with Crippen molar-refractivity contribution >= 4 is 22.9 Å². The highest BCUT2D eigenvalue weighted by molar-refractivity contribution is 7.13. The zero-order chi connectivity index (χ0) is 20.1. The average Bonchev–Trinajstić information content (AvgIpc) is 3.24. The fourth-order valence-corrected chi connectivity index (χ4v) is 3.59. The third-order valence-electron chi connectivity index (χ3n) is 4.23. The van der Waals surface area contributed by atoms with Crippen LogP contribution in [0.3, 0.4) is 0 Å². The van der Waals surface area contributed by atoms with Gasteiger partial charge in [0.25, 0.3) is 5.91 Å². The molecule has 0 aliphatic rings. The van der Waals surface area contributed by atoms with E-state index in [2.05, 4.69) is 10.3 Å². The fraction of sp³-hybridized carbons (Fsp3) is 0.0435. The topological polar surface area (TPSA) is 51.2 Å². The molecule has 0 spiro atoms. The lowest BCUT2D eigenvalue weighted by atomic mass is 10.2. The summed E-state index contributed by atoms with van der Waals surface area (Å²) < 4.78 is 19.7. The van der Waals surface area contributed by atoms with Gasteiger partial charge in [0.15, 0.2) is 0 Å². The van der Waals surface area contributed by atoms with Crippen molar-refractivity contribution in [2.45, 2.75) is 6.61 Å². The number of amides is 1. The second-order valence-electron chi connectivity index (χ2n) is 6.23. The summed E-state index contributed by atoms with van der Waals surface area (Å²) >= 11 is 1.35. The molecule has 1 aromatic heterocycles. The summed E-state index contributed by atoms with van der Waals surface area (Å²) in [7, 11) is 0. The largest absolute Gasteiger partial charge is 0.488 e. The quantitative estimate of drug-likeness (QED) is 0.443. The second-order valence-corrected chi connectivity index (χ2v) is 7.09. The Morgan fingerprint density at radius 1 is 0.966 bits per heavy atom. The van der Waals surface area contributed by atoms with Gasteiger partial charge in [0.2, 0.25) is 0 Å². The smallest absolute Gasteiger partial charge is 0.275 e. The Morgan fingerprint density at radius 3 is 2.52 bits per heavy atom. The fourth-order valence-electron chi connectivity index (χ4n) is 2.76. The maximum absolute atomic E-state index is 13.9. The Morgan fingerprint density at radius 2 is 1.69 bits per heavy atom. The molecule has 0 atom stereocenters. The SMILES string of the molecule is O=C(Nc1ccccc1)c1csc(-c2ccccc2OCc2ccccc2F)n1. The molecule has 1 N–H and O–H groups in total. The predicted molar refractivity (Wildman–Crippen MR) is 113 cm³/mol. The van der Waals surface area contributed by atoms with Gasteiger partial charge in [-0.05, 0) is 30.3 Å². The van der Waals surface area contributed by atoms with Crippen LogP contribution in [-0.4, -0.2) is 10.9 Å². The van der Waals surface area contributed by atoms with Crippen molar-refractivity contribution in [1.29, 1.82) is 0 Å². The van der Waals surface area contributed by atoms with E-state index >= 15 is 0 Å². The summed E-state index contributed by atoms with van der Waals surface area (Å²) in [6.07, 6.45) is 0. The minimum absolute atomic E-state index is 0.108. The maximum Gasteiger partial charge on any atom is 0.275 e. The summed E-state index contributed by atoms with van der Waals surface area (Å²) in [6.45, 7) is 0.108. The van der Waals surface area contributed by atoms with Gasteiger partial charge in [-0.2, -0.15) is 0 Å². The molecule has 0 radical (unpaired) electrons. The number of benzene rings is 3. The second kappa shape index (κ2) is 8.67. The van der Waals surface area contributed by atoms with E-state index in [-0.39, 0.29) is 18.3 Å². The van der Waals surface area contributed by atoms with Crippen LogP contribution in [0.4, 0.5) is 10.1 Å². The van der Waals surface area contributed by atoms with Gasteiger partial charge >= 0.3 is 0 Å². The molecule has 3 aromatic carbocycles. The van der Waals surface area contributed by atoms with Crippen LogP contribution in [0.15, 0.2) is 84.2 Å². The Kier molecular flexibility index (Phi) is 5.63. The molecule has 4 aromatic rings. The number of hydrogen-bond donors (Lipinski definition) is 1. The number of nitrogens with zero attached hydrogens (tertiary/aromatic N) is 1. The molecule has 4 nitrogen and oxygen atoms in total. The zero-order valence-corrected chi connectivity index (χ0v) is 16.2. The highest BCUT2D eigenvalue weighted by Crippen LogP contribution is 2.33.